The van der Waals surface area contributed by atoms with E-state index in [9.17, 15) is 9.59 Å². The Hall–Kier alpha value is -4.09. The molecule has 194 valence electrons. The third kappa shape index (κ3) is 7.46. The van der Waals surface area contributed by atoms with Gasteiger partial charge in [-0.15, -0.1) is 0 Å². The van der Waals surface area contributed by atoms with Crippen molar-refractivity contribution in [3.63, 3.8) is 0 Å². The summed E-state index contributed by atoms with van der Waals surface area (Å²) in [6, 6.07) is 33.4. The molecule has 0 saturated carbocycles. The number of carbonyl (C=O) groups excluding carboxylic acids is 2. The van der Waals surface area contributed by atoms with Crippen LogP contribution in [0.4, 0.5) is 0 Å². The lowest BCUT2D eigenvalue weighted by atomic mass is 10.0. The smallest absolute Gasteiger partial charge is 0.247 e. The Morgan fingerprint density at radius 2 is 1.39 bits per heavy atom. The minimum atomic E-state index is -0.797. The van der Waals surface area contributed by atoms with Gasteiger partial charge in [0.2, 0.25) is 11.8 Å². The first-order chi connectivity index (χ1) is 18.5. The molecule has 1 atom stereocenters. The number of nitrogens with one attached hydrogen (secondary N) is 1. The summed E-state index contributed by atoms with van der Waals surface area (Å²) in [5.41, 5.74) is 3.66. The first kappa shape index (κ1) is 27.0. The molecule has 4 rings (SSSR count). The van der Waals surface area contributed by atoms with Crippen LogP contribution in [0.1, 0.15) is 34.7 Å². The molecule has 0 spiro atoms. The fraction of sp³-hybridized carbons (Fsp3) is 0.188. The Bertz CT molecular complexity index is 1310. The highest BCUT2D eigenvalue weighted by Crippen LogP contribution is 2.26. The highest BCUT2D eigenvalue weighted by Gasteiger charge is 2.31. The normalized spacial score (nSPS) is 11.4. The molecule has 1 N–H and O–H groups in total. The number of carbonyl (C=O) groups is 2. The van der Waals surface area contributed by atoms with Crippen LogP contribution in [0, 0.1) is 0 Å². The van der Waals surface area contributed by atoms with E-state index in [1.807, 2.05) is 97.1 Å². The average molecular weight is 527 g/mol. The Balaban J connectivity index is 1.62. The molecule has 38 heavy (non-hydrogen) atoms. The zero-order valence-corrected chi connectivity index (χ0v) is 22.1. The lowest BCUT2D eigenvalue weighted by Gasteiger charge is -2.32. The third-order valence-electron chi connectivity index (χ3n) is 6.36. The van der Waals surface area contributed by atoms with Crippen LogP contribution in [0.5, 0.6) is 5.75 Å². The molecule has 0 aliphatic heterocycles. The maximum atomic E-state index is 13.8. The fourth-order valence-corrected chi connectivity index (χ4v) is 4.41. The van der Waals surface area contributed by atoms with Gasteiger partial charge in [-0.3, -0.25) is 9.59 Å². The summed E-state index contributed by atoms with van der Waals surface area (Å²) in [5.74, 6) is 0.393. The molecule has 1 unspecified atom stereocenters. The van der Waals surface area contributed by atoms with Gasteiger partial charge in [-0.25, -0.2) is 0 Å². The lowest BCUT2D eigenvalue weighted by Crippen LogP contribution is -2.43. The van der Waals surface area contributed by atoms with Crippen molar-refractivity contribution in [2.75, 3.05) is 7.11 Å². The van der Waals surface area contributed by atoms with Gasteiger partial charge >= 0.3 is 0 Å². The Morgan fingerprint density at radius 3 is 2.03 bits per heavy atom. The van der Waals surface area contributed by atoms with Crippen LogP contribution in [-0.2, 0) is 29.1 Å². The van der Waals surface area contributed by atoms with E-state index in [4.69, 9.17) is 16.3 Å². The Labute approximate surface area is 229 Å². The van der Waals surface area contributed by atoms with E-state index in [1.54, 1.807) is 24.1 Å². The van der Waals surface area contributed by atoms with Crippen molar-refractivity contribution in [1.29, 1.82) is 0 Å². The molecule has 6 heteroatoms. The van der Waals surface area contributed by atoms with Crippen LogP contribution in [0.25, 0.3) is 0 Å². The monoisotopic (exact) mass is 526 g/mol. The predicted molar refractivity (Wildman–Crippen MR) is 151 cm³/mol. The van der Waals surface area contributed by atoms with Gasteiger partial charge in [-0.05, 0) is 52.9 Å². The first-order valence-corrected chi connectivity index (χ1v) is 12.9. The van der Waals surface area contributed by atoms with Crippen molar-refractivity contribution in [1.82, 2.24) is 10.2 Å². The molecule has 0 saturated heterocycles. The van der Waals surface area contributed by atoms with E-state index >= 15 is 0 Å². The van der Waals surface area contributed by atoms with Crippen molar-refractivity contribution in [3.8, 4) is 5.75 Å². The zero-order chi connectivity index (χ0) is 26.7. The second kappa shape index (κ2) is 13.5. The quantitative estimate of drug-likeness (QED) is 0.247. The second-order valence-electron chi connectivity index (χ2n) is 9.01. The molecule has 5 nitrogen and oxygen atoms in total. The summed E-state index contributed by atoms with van der Waals surface area (Å²) >= 11 is 6.01. The number of aryl methyl sites for hydroxylation is 1. The Kier molecular flexibility index (Phi) is 9.54. The molecule has 0 bridgehead atoms. The Morgan fingerprint density at radius 1 is 0.789 bits per heavy atom. The van der Waals surface area contributed by atoms with Crippen LogP contribution in [0.2, 0.25) is 5.02 Å². The van der Waals surface area contributed by atoms with E-state index in [0.29, 0.717) is 18.0 Å². The van der Waals surface area contributed by atoms with Gasteiger partial charge in [0.25, 0.3) is 0 Å². The summed E-state index contributed by atoms with van der Waals surface area (Å²) in [7, 11) is 1.62. The van der Waals surface area contributed by atoms with Gasteiger partial charge in [-0.2, -0.15) is 0 Å². The first-order valence-electron chi connectivity index (χ1n) is 12.6. The van der Waals surface area contributed by atoms with E-state index in [-0.39, 0.29) is 24.8 Å². The van der Waals surface area contributed by atoms with Crippen LogP contribution in [0.3, 0.4) is 0 Å². The number of rotatable bonds is 11. The number of methoxy groups -OCH3 is 1. The summed E-state index contributed by atoms with van der Waals surface area (Å²) in [6.07, 6.45) is 0.876. The van der Waals surface area contributed by atoms with E-state index in [0.717, 1.165) is 28.0 Å². The number of hydrogen-bond donors (Lipinski definition) is 1. The maximum absolute atomic E-state index is 13.8. The lowest BCUT2D eigenvalue weighted by molar-refractivity contribution is -0.141. The van der Waals surface area contributed by atoms with Crippen molar-refractivity contribution in [3.05, 3.63) is 136 Å². The molecule has 0 fully saturated rings. The fourth-order valence-electron chi connectivity index (χ4n) is 4.29. The molecular weight excluding hydrogens is 496 g/mol. The van der Waals surface area contributed by atoms with Crippen LogP contribution in [0.15, 0.2) is 109 Å². The molecule has 0 aromatic heterocycles. The number of ether oxygens (including phenoxy) is 1. The second-order valence-corrected chi connectivity index (χ2v) is 9.45. The van der Waals surface area contributed by atoms with Crippen LogP contribution < -0.4 is 10.1 Å². The molecule has 0 aliphatic rings. The zero-order valence-electron chi connectivity index (χ0n) is 21.3. The SMILES string of the molecule is COc1ccc(CN(C(=O)CCc2ccccc2)C(C(=O)NCc2ccc(Cl)cc2)c2ccccc2)cc1. The van der Waals surface area contributed by atoms with Gasteiger partial charge in [0.05, 0.1) is 7.11 Å². The van der Waals surface area contributed by atoms with Crippen molar-refractivity contribution >= 4 is 23.4 Å². The number of hydrogen-bond acceptors (Lipinski definition) is 3. The molecular formula is C32H31ClN2O3. The van der Waals surface area contributed by atoms with Crippen LogP contribution >= 0.6 is 11.6 Å². The molecule has 2 amide bonds. The average Bonchev–Trinajstić information content (AvgIpc) is 2.96. The molecule has 4 aromatic rings. The summed E-state index contributed by atoms with van der Waals surface area (Å²) in [4.78, 5) is 29.2. The van der Waals surface area contributed by atoms with Crippen molar-refractivity contribution < 1.29 is 14.3 Å². The molecule has 4 aromatic carbocycles. The van der Waals surface area contributed by atoms with Crippen LogP contribution in [-0.4, -0.2) is 23.8 Å². The number of nitrogens with zero attached hydrogens (tertiary/aromatic N) is 1. The van der Waals surface area contributed by atoms with E-state index in [1.165, 1.54) is 0 Å². The van der Waals surface area contributed by atoms with Gasteiger partial charge in [0.15, 0.2) is 0 Å². The highest BCUT2D eigenvalue weighted by molar-refractivity contribution is 6.30. The number of benzene rings is 4. The highest BCUT2D eigenvalue weighted by atomic mass is 35.5. The standard InChI is InChI=1S/C32H31ClN2O3/c1-38-29-19-14-26(15-20-29)23-35(30(36)21-16-24-8-4-2-5-9-24)31(27-10-6-3-7-11-27)32(37)34-22-25-12-17-28(33)18-13-25/h2-15,17-20,31H,16,21-23H2,1H3,(H,34,37). The number of halogens is 1. The summed E-state index contributed by atoms with van der Waals surface area (Å²) < 4.78 is 5.29. The minimum absolute atomic E-state index is 0.0971. The maximum Gasteiger partial charge on any atom is 0.247 e. The van der Waals surface area contributed by atoms with Crippen molar-refractivity contribution in [2.24, 2.45) is 0 Å². The van der Waals surface area contributed by atoms with E-state index in [2.05, 4.69) is 5.32 Å². The molecule has 0 heterocycles. The minimum Gasteiger partial charge on any atom is -0.497 e. The van der Waals surface area contributed by atoms with E-state index < -0.39 is 6.04 Å². The predicted octanol–water partition coefficient (Wildman–Crippen LogP) is 6.37. The summed E-state index contributed by atoms with van der Waals surface area (Å²) in [5, 5.41) is 3.67. The number of amides is 2. The third-order valence-corrected chi connectivity index (χ3v) is 6.61. The van der Waals surface area contributed by atoms with Gasteiger partial charge in [0, 0.05) is 24.5 Å². The van der Waals surface area contributed by atoms with Gasteiger partial charge in [0.1, 0.15) is 11.8 Å². The molecule has 0 aliphatic carbocycles. The largest absolute Gasteiger partial charge is 0.497 e. The topological polar surface area (TPSA) is 58.6 Å². The molecule has 0 radical (unpaired) electrons. The summed E-state index contributed by atoms with van der Waals surface area (Å²) in [6.45, 7) is 0.611. The van der Waals surface area contributed by atoms with Gasteiger partial charge < -0.3 is 15.0 Å². The van der Waals surface area contributed by atoms with Crippen molar-refractivity contribution in [2.45, 2.75) is 32.0 Å². The van der Waals surface area contributed by atoms with Gasteiger partial charge in [-0.1, -0.05) is 96.5 Å².